The van der Waals surface area contributed by atoms with Crippen LogP contribution in [0.25, 0.3) is 0 Å². The van der Waals surface area contributed by atoms with Crippen molar-refractivity contribution in [2.75, 3.05) is 0 Å². The van der Waals surface area contributed by atoms with Gasteiger partial charge in [0.05, 0.1) is 12.3 Å². The summed E-state index contributed by atoms with van der Waals surface area (Å²) in [5, 5.41) is 22.6. The molecule has 1 aliphatic rings. The van der Waals surface area contributed by atoms with E-state index >= 15 is 0 Å². The molecule has 2 atom stereocenters. The van der Waals surface area contributed by atoms with E-state index in [4.69, 9.17) is 5.11 Å². The molecule has 1 aromatic heterocycles. The highest BCUT2D eigenvalue weighted by Gasteiger charge is 2.29. The first-order chi connectivity index (χ1) is 7.08. The second-order valence-electron chi connectivity index (χ2n) is 4.09. The number of fused-ring (bicyclic) bond motifs is 1. The zero-order valence-corrected chi connectivity index (χ0v) is 8.55. The molecule has 2 N–H and O–H groups in total. The summed E-state index contributed by atoms with van der Waals surface area (Å²) in [7, 11) is 1.81. The molecule has 0 bridgehead atoms. The summed E-state index contributed by atoms with van der Waals surface area (Å²) in [6, 6.07) is 0. The maximum absolute atomic E-state index is 10.6. The molecule has 0 radical (unpaired) electrons. The van der Waals surface area contributed by atoms with E-state index in [-0.39, 0.29) is 12.3 Å². The molecule has 5 heteroatoms. The Bertz CT molecular complexity index is 386. The van der Waals surface area contributed by atoms with Crippen LogP contribution in [-0.4, -0.2) is 26.0 Å². The van der Waals surface area contributed by atoms with Crippen molar-refractivity contribution in [1.29, 1.82) is 0 Å². The monoisotopic (exact) mass is 210 g/mol. The first-order valence-corrected chi connectivity index (χ1v) is 4.98. The molecule has 0 aliphatic heterocycles. The second kappa shape index (κ2) is 3.66. The van der Waals surface area contributed by atoms with E-state index in [2.05, 4.69) is 5.10 Å². The standard InChI is InChI=1S/C10H14N2O3/c1-12-8-2-6(4-10(14)15)3-9(13)7(8)5-11-12/h5-6,9,13H,2-4H2,1H3,(H,14,15). The third-order valence-electron chi connectivity index (χ3n) is 2.95. The van der Waals surface area contributed by atoms with Gasteiger partial charge in [-0.3, -0.25) is 9.48 Å². The Morgan fingerprint density at radius 1 is 1.73 bits per heavy atom. The predicted octanol–water partition coefficient (Wildman–Crippen LogP) is 0.491. The molecule has 0 saturated carbocycles. The summed E-state index contributed by atoms with van der Waals surface area (Å²) < 4.78 is 1.71. The van der Waals surface area contributed by atoms with Crippen molar-refractivity contribution in [3.05, 3.63) is 17.5 Å². The number of carboxylic acids is 1. The molecule has 0 fully saturated rings. The zero-order valence-electron chi connectivity index (χ0n) is 8.55. The van der Waals surface area contributed by atoms with Crippen molar-refractivity contribution in [3.8, 4) is 0 Å². The topological polar surface area (TPSA) is 75.4 Å². The van der Waals surface area contributed by atoms with Crippen molar-refractivity contribution in [2.45, 2.75) is 25.4 Å². The smallest absolute Gasteiger partial charge is 0.303 e. The summed E-state index contributed by atoms with van der Waals surface area (Å²) in [4.78, 5) is 10.6. The van der Waals surface area contributed by atoms with Gasteiger partial charge < -0.3 is 10.2 Å². The summed E-state index contributed by atoms with van der Waals surface area (Å²) in [5.74, 6) is -0.793. The van der Waals surface area contributed by atoms with Gasteiger partial charge in [0.1, 0.15) is 0 Å². The van der Waals surface area contributed by atoms with Gasteiger partial charge in [0.15, 0.2) is 0 Å². The van der Waals surface area contributed by atoms with Gasteiger partial charge in [0.2, 0.25) is 0 Å². The van der Waals surface area contributed by atoms with Crippen LogP contribution in [0.3, 0.4) is 0 Å². The molecule has 15 heavy (non-hydrogen) atoms. The van der Waals surface area contributed by atoms with E-state index in [1.807, 2.05) is 7.05 Å². The molecule has 5 nitrogen and oxygen atoms in total. The van der Waals surface area contributed by atoms with Crippen molar-refractivity contribution in [2.24, 2.45) is 13.0 Å². The number of aryl methyl sites for hydroxylation is 1. The van der Waals surface area contributed by atoms with Crippen LogP contribution >= 0.6 is 0 Å². The van der Waals surface area contributed by atoms with E-state index < -0.39 is 12.1 Å². The van der Waals surface area contributed by atoms with Gasteiger partial charge in [-0.2, -0.15) is 5.10 Å². The molecule has 1 heterocycles. The highest BCUT2D eigenvalue weighted by molar-refractivity contribution is 5.67. The van der Waals surface area contributed by atoms with Crippen LogP contribution in [0.4, 0.5) is 0 Å². The van der Waals surface area contributed by atoms with Crippen LogP contribution in [0, 0.1) is 5.92 Å². The molecule has 2 rings (SSSR count). The number of aliphatic hydroxyl groups excluding tert-OH is 1. The molecular weight excluding hydrogens is 196 g/mol. The minimum Gasteiger partial charge on any atom is -0.481 e. The van der Waals surface area contributed by atoms with E-state index in [1.54, 1.807) is 10.9 Å². The molecular formula is C10H14N2O3. The number of hydrogen-bond acceptors (Lipinski definition) is 3. The lowest BCUT2D eigenvalue weighted by Gasteiger charge is -2.25. The lowest BCUT2D eigenvalue weighted by molar-refractivity contribution is -0.138. The Balaban J connectivity index is 2.21. The molecule has 1 aromatic rings. The summed E-state index contributed by atoms with van der Waals surface area (Å²) in [5.41, 5.74) is 1.80. The molecule has 0 spiro atoms. The fourth-order valence-corrected chi connectivity index (χ4v) is 2.21. The van der Waals surface area contributed by atoms with Crippen molar-refractivity contribution in [1.82, 2.24) is 9.78 Å². The number of carboxylic acid groups (broad SMARTS) is 1. The summed E-state index contributed by atoms with van der Waals surface area (Å²) in [6.07, 6.45) is 2.42. The maximum Gasteiger partial charge on any atom is 0.303 e. The largest absolute Gasteiger partial charge is 0.481 e. The Labute approximate surface area is 87.3 Å². The Kier molecular flexibility index (Phi) is 2.48. The number of aromatic nitrogens is 2. The molecule has 0 saturated heterocycles. The summed E-state index contributed by atoms with van der Waals surface area (Å²) >= 11 is 0. The van der Waals surface area contributed by atoms with Crippen LogP contribution in [-0.2, 0) is 18.3 Å². The van der Waals surface area contributed by atoms with Crippen molar-refractivity contribution in [3.63, 3.8) is 0 Å². The molecule has 0 aromatic carbocycles. The van der Waals surface area contributed by atoms with Gasteiger partial charge in [-0.25, -0.2) is 0 Å². The van der Waals surface area contributed by atoms with Gasteiger partial charge in [-0.15, -0.1) is 0 Å². The van der Waals surface area contributed by atoms with E-state index in [1.165, 1.54) is 0 Å². The second-order valence-corrected chi connectivity index (χ2v) is 4.09. The van der Waals surface area contributed by atoms with Crippen LogP contribution in [0.2, 0.25) is 0 Å². The predicted molar refractivity (Wildman–Crippen MR) is 52.2 cm³/mol. The number of hydrogen-bond donors (Lipinski definition) is 2. The fourth-order valence-electron chi connectivity index (χ4n) is 2.21. The van der Waals surface area contributed by atoms with Gasteiger partial charge in [0, 0.05) is 24.7 Å². The van der Waals surface area contributed by atoms with E-state index in [0.29, 0.717) is 12.8 Å². The highest BCUT2D eigenvalue weighted by atomic mass is 16.4. The number of aliphatic hydroxyl groups is 1. The first kappa shape index (κ1) is 10.2. The minimum absolute atomic E-state index is 0.0143. The average Bonchev–Trinajstić information content (AvgIpc) is 2.47. The molecule has 2 unspecified atom stereocenters. The maximum atomic E-state index is 10.6. The first-order valence-electron chi connectivity index (χ1n) is 4.98. The SMILES string of the molecule is Cn1ncc2c1CC(CC(=O)O)CC2O. The van der Waals surface area contributed by atoms with E-state index in [9.17, 15) is 9.90 Å². The summed E-state index contributed by atoms with van der Waals surface area (Å²) in [6.45, 7) is 0. The van der Waals surface area contributed by atoms with Gasteiger partial charge in [-0.05, 0) is 18.8 Å². The van der Waals surface area contributed by atoms with Crippen LogP contribution < -0.4 is 0 Å². The Hall–Kier alpha value is -1.36. The lowest BCUT2D eigenvalue weighted by atomic mass is 9.84. The minimum atomic E-state index is -0.808. The van der Waals surface area contributed by atoms with Crippen LogP contribution in [0.15, 0.2) is 6.20 Å². The zero-order chi connectivity index (χ0) is 11.0. The van der Waals surface area contributed by atoms with Crippen molar-refractivity contribution < 1.29 is 15.0 Å². The number of rotatable bonds is 2. The van der Waals surface area contributed by atoms with Crippen molar-refractivity contribution >= 4 is 5.97 Å². The molecule has 1 aliphatic carbocycles. The highest BCUT2D eigenvalue weighted by Crippen LogP contribution is 2.34. The van der Waals surface area contributed by atoms with Crippen LogP contribution in [0.5, 0.6) is 0 Å². The van der Waals surface area contributed by atoms with E-state index in [0.717, 1.165) is 11.3 Å². The lowest BCUT2D eigenvalue weighted by Crippen LogP contribution is -2.22. The van der Waals surface area contributed by atoms with Crippen LogP contribution in [0.1, 0.15) is 30.2 Å². The molecule has 82 valence electrons. The number of aliphatic carboxylic acids is 1. The average molecular weight is 210 g/mol. The van der Waals surface area contributed by atoms with Gasteiger partial charge in [-0.1, -0.05) is 0 Å². The van der Waals surface area contributed by atoms with Gasteiger partial charge in [0.25, 0.3) is 0 Å². The van der Waals surface area contributed by atoms with Gasteiger partial charge >= 0.3 is 5.97 Å². The third kappa shape index (κ3) is 1.87. The molecule has 0 amide bonds. The quantitative estimate of drug-likeness (QED) is 0.745. The Morgan fingerprint density at radius 2 is 2.47 bits per heavy atom. The number of nitrogens with zero attached hydrogens (tertiary/aromatic N) is 2. The normalized spacial score (nSPS) is 24.9. The number of carbonyl (C=O) groups is 1. The third-order valence-corrected chi connectivity index (χ3v) is 2.95. The Morgan fingerprint density at radius 3 is 3.13 bits per heavy atom. The fraction of sp³-hybridized carbons (Fsp3) is 0.600.